The Balaban J connectivity index is 1.84. The maximum absolute atomic E-state index is 11.6. The first-order chi connectivity index (χ1) is 12.0. The Labute approximate surface area is 150 Å². The van der Waals surface area contributed by atoms with E-state index in [9.17, 15) is 4.79 Å². The molecule has 1 aromatic rings. The van der Waals surface area contributed by atoms with Crippen molar-refractivity contribution in [2.24, 2.45) is 10.9 Å². The van der Waals surface area contributed by atoms with Gasteiger partial charge >= 0.3 is 5.97 Å². The van der Waals surface area contributed by atoms with Crippen molar-refractivity contribution in [3.63, 3.8) is 0 Å². The number of nitrogens with one attached hydrogen (secondary N) is 1. The van der Waals surface area contributed by atoms with Crippen LogP contribution in [-0.2, 0) is 22.6 Å². The lowest BCUT2D eigenvalue weighted by Gasteiger charge is -2.33. The first kappa shape index (κ1) is 19.2. The molecule has 1 aliphatic rings. The number of methoxy groups -OCH3 is 1. The number of piperidine rings is 1. The fraction of sp³-hybridized carbons (Fsp3) is 0.579. The Morgan fingerprint density at radius 2 is 1.84 bits per heavy atom. The molecule has 1 heterocycles. The molecule has 6 heteroatoms. The second kappa shape index (κ2) is 9.42. The third-order valence-electron chi connectivity index (χ3n) is 4.51. The fourth-order valence-electron chi connectivity index (χ4n) is 3.13. The third kappa shape index (κ3) is 5.74. The number of ether oxygens (including phenoxy) is 1. The van der Waals surface area contributed by atoms with Gasteiger partial charge in [-0.3, -0.25) is 9.79 Å². The van der Waals surface area contributed by atoms with Crippen LogP contribution in [0.5, 0.6) is 0 Å². The number of rotatable bonds is 5. The van der Waals surface area contributed by atoms with E-state index in [2.05, 4.69) is 58.5 Å². The number of benzene rings is 1. The topological polar surface area (TPSA) is 57.2 Å². The van der Waals surface area contributed by atoms with Crippen molar-refractivity contribution in [2.45, 2.75) is 25.9 Å². The third-order valence-corrected chi connectivity index (χ3v) is 4.51. The van der Waals surface area contributed by atoms with Gasteiger partial charge in [0.1, 0.15) is 0 Å². The normalized spacial score (nSPS) is 16.2. The summed E-state index contributed by atoms with van der Waals surface area (Å²) in [6.07, 6.45) is 1.62. The van der Waals surface area contributed by atoms with Crippen molar-refractivity contribution < 1.29 is 9.53 Å². The summed E-state index contributed by atoms with van der Waals surface area (Å²) in [5.74, 6) is 0.810. The Morgan fingerprint density at radius 1 is 1.24 bits per heavy atom. The summed E-state index contributed by atoms with van der Waals surface area (Å²) in [7, 11) is 7.40. The number of hydrogen-bond donors (Lipinski definition) is 1. The molecule has 1 aromatic carbocycles. The van der Waals surface area contributed by atoms with Gasteiger partial charge in [0.15, 0.2) is 5.96 Å². The Morgan fingerprint density at radius 3 is 2.36 bits per heavy atom. The van der Waals surface area contributed by atoms with Gasteiger partial charge in [0, 0.05) is 33.2 Å². The van der Waals surface area contributed by atoms with Crippen molar-refractivity contribution in [2.75, 3.05) is 41.3 Å². The average molecular weight is 346 g/mol. The van der Waals surface area contributed by atoms with Crippen LogP contribution in [0, 0.1) is 5.92 Å². The van der Waals surface area contributed by atoms with E-state index in [4.69, 9.17) is 4.74 Å². The maximum atomic E-state index is 11.6. The molecule has 1 fully saturated rings. The molecule has 0 atom stereocenters. The fourth-order valence-corrected chi connectivity index (χ4v) is 3.13. The van der Waals surface area contributed by atoms with Gasteiger partial charge < -0.3 is 19.9 Å². The van der Waals surface area contributed by atoms with Crippen LogP contribution in [-0.4, -0.2) is 63.1 Å². The minimum atomic E-state index is -0.0968. The highest BCUT2D eigenvalue weighted by Crippen LogP contribution is 2.18. The molecule has 0 bridgehead atoms. The quantitative estimate of drug-likeness (QED) is 0.500. The minimum absolute atomic E-state index is 0.0172. The van der Waals surface area contributed by atoms with E-state index >= 15 is 0 Å². The molecule has 2 rings (SSSR count). The molecule has 1 saturated heterocycles. The van der Waals surface area contributed by atoms with Crippen LogP contribution in [0.3, 0.4) is 0 Å². The summed E-state index contributed by atoms with van der Waals surface area (Å²) in [5, 5.41) is 3.42. The SMILES string of the molecule is CN=C(NCc1ccc(CN(C)C)cc1)N1CCC(C(=O)OC)CC1. The zero-order valence-corrected chi connectivity index (χ0v) is 15.8. The predicted molar refractivity (Wildman–Crippen MR) is 100 cm³/mol. The monoisotopic (exact) mass is 346 g/mol. The lowest BCUT2D eigenvalue weighted by molar-refractivity contribution is -0.146. The molecule has 138 valence electrons. The van der Waals surface area contributed by atoms with Crippen molar-refractivity contribution in [1.29, 1.82) is 0 Å². The number of likely N-dealkylation sites (tertiary alicyclic amines) is 1. The number of hydrogen-bond acceptors (Lipinski definition) is 4. The molecule has 0 aromatic heterocycles. The van der Waals surface area contributed by atoms with Crippen LogP contribution in [0.25, 0.3) is 0 Å². The summed E-state index contributed by atoms with van der Waals surface area (Å²) in [6, 6.07) is 8.65. The van der Waals surface area contributed by atoms with E-state index in [-0.39, 0.29) is 11.9 Å². The van der Waals surface area contributed by atoms with E-state index in [1.807, 2.05) is 0 Å². The van der Waals surface area contributed by atoms with Gasteiger partial charge in [0.2, 0.25) is 0 Å². The second-order valence-electron chi connectivity index (χ2n) is 6.74. The number of carbonyl (C=O) groups is 1. The van der Waals surface area contributed by atoms with Gasteiger partial charge in [0.05, 0.1) is 13.0 Å². The Kier molecular flexibility index (Phi) is 7.25. The molecule has 1 N–H and O–H groups in total. The van der Waals surface area contributed by atoms with Gasteiger partial charge in [-0.1, -0.05) is 24.3 Å². The van der Waals surface area contributed by atoms with Crippen LogP contribution < -0.4 is 5.32 Å². The number of aliphatic imine (C=N–C) groups is 1. The highest BCUT2D eigenvalue weighted by atomic mass is 16.5. The number of nitrogens with zero attached hydrogens (tertiary/aromatic N) is 3. The van der Waals surface area contributed by atoms with E-state index in [0.717, 1.165) is 45.0 Å². The van der Waals surface area contributed by atoms with Crippen LogP contribution in [0.15, 0.2) is 29.3 Å². The zero-order valence-electron chi connectivity index (χ0n) is 15.8. The number of guanidine groups is 1. The summed E-state index contributed by atoms with van der Waals surface area (Å²) in [4.78, 5) is 20.4. The summed E-state index contributed by atoms with van der Waals surface area (Å²) in [6.45, 7) is 3.33. The largest absolute Gasteiger partial charge is 0.469 e. The smallest absolute Gasteiger partial charge is 0.308 e. The molecular formula is C19H30N4O2. The molecule has 0 amide bonds. The second-order valence-corrected chi connectivity index (χ2v) is 6.74. The minimum Gasteiger partial charge on any atom is -0.469 e. The van der Waals surface area contributed by atoms with Gasteiger partial charge in [-0.15, -0.1) is 0 Å². The Hall–Kier alpha value is -2.08. The lowest BCUT2D eigenvalue weighted by atomic mass is 9.97. The molecule has 1 aliphatic heterocycles. The standard InChI is InChI=1S/C19H30N4O2/c1-20-19(23-11-9-17(10-12-23)18(24)25-4)21-13-15-5-7-16(8-6-15)14-22(2)3/h5-8,17H,9-14H2,1-4H3,(H,20,21). The van der Waals surface area contributed by atoms with E-state index in [1.54, 1.807) is 7.05 Å². The zero-order chi connectivity index (χ0) is 18.2. The molecule has 0 radical (unpaired) electrons. The summed E-state index contributed by atoms with van der Waals surface area (Å²) >= 11 is 0. The van der Waals surface area contributed by atoms with Gasteiger partial charge in [-0.2, -0.15) is 0 Å². The lowest BCUT2D eigenvalue weighted by Crippen LogP contribution is -2.46. The van der Waals surface area contributed by atoms with Gasteiger partial charge in [0.25, 0.3) is 0 Å². The van der Waals surface area contributed by atoms with Gasteiger partial charge in [-0.05, 0) is 38.1 Å². The molecule has 0 aliphatic carbocycles. The molecule has 6 nitrogen and oxygen atoms in total. The highest BCUT2D eigenvalue weighted by molar-refractivity contribution is 5.80. The number of carbonyl (C=O) groups excluding carboxylic acids is 1. The predicted octanol–water partition coefficient (Wildman–Crippen LogP) is 1.71. The van der Waals surface area contributed by atoms with Crippen molar-refractivity contribution in [1.82, 2.24) is 15.1 Å². The van der Waals surface area contributed by atoms with Crippen LogP contribution >= 0.6 is 0 Å². The molecule has 25 heavy (non-hydrogen) atoms. The van der Waals surface area contributed by atoms with E-state index in [1.165, 1.54) is 18.2 Å². The van der Waals surface area contributed by atoms with Gasteiger partial charge in [-0.25, -0.2) is 0 Å². The number of esters is 1. The highest BCUT2D eigenvalue weighted by Gasteiger charge is 2.26. The Bertz CT molecular complexity index is 576. The van der Waals surface area contributed by atoms with Crippen molar-refractivity contribution >= 4 is 11.9 Å². The van der Waals surface area contributed by atoms with Crippen molar-refractivity contribution in [3.8, 4) is 0 Å². The maximum Gasteiger partial charge on any atom is 0.308 e. The average Bonchev–Trinajstić information content (AvgIpc) is 2.63. The first-order valence-electron chi connectivity index (χ1n) is 8.79. The van der Waals surface area contributed by atoms with Crippen LogP contribution in [0.2, 0.25) is 0 Å². The van der Waals surface area contributed by atoms with Crippen LogP contribution in [0.4, 0.5) is 0 Å². The molecular weight excluding hydrogens is 316 g/mol. The summed E-state index contributed by atoms with van der Waals surface area (Å²) in [5.41, 5.74) is 2.54. The molecule has 0 unspecified atom stereocenters. The van der Waals surface area contributed by atoms with Crippen LogP contribution in [0.1, 0.15) is 24.0 Å². The van der Waals surface area contributed by atoms with E-state index in [0.29, 0.717) is 0 Å². The molecule has 0 spiro atoms. The van der Waals surface area contributed by atoms with E-state index < -0.39 is 0 Å². The van der Waals surface area contributed by atoms with Crippen molar-refractivity contribution in [3.05, 3.63) is 35.4 Å². The molecule has 0 saturated carbocycles. The summed E-state index contributed by atoms with van der Waals surface area (Å²) < 4.78 is 4.84. The first-order valence-corrected chi connectivity index (χ1v) is 8.79.